The van der Waals surface area contributed by atoms with Gasteiger partial charge in [0.1, 0.15) is 6.54 Å². The first-order valence-corrected chi connectivity index (χ1v) is 5.50. The number of carbonyl (C=O) groups excluding carboxylic acids is 1. The van der Waals surface area contributed by atoms with E-state index in [1.807, 2.05) is 21.1 Å². The third-order valence-electron chi connectivity index (χ3n) is 1.91. The maximum Gasteiger partial charge on any atom is 0.308 e. The second-order valence-corrected chi connectivity index (χ2v) is 5.24. The Labute approximate surface area is 101 Å². The molecule has 2 N–H and O–H groups in total. The first-order chi connectivity index (χ1) is 7.60. The van der Waals surface area contributed by atoms with Crippen molar-refractivity contribution in [2.45, 2.75) is 32.0 Å². The lowest BCUT2D eigenvalue weighted by atomic mass is 10.2. The van der Waals surface area contributed by atoms with E-state index in [9.17, 15) is 9.59 Å². The molecule has 0 saturated heterocycles. The van der Waals surface area contributed by atoms with Crippen molar-refractivity contribution in [2.24, 2.45) is 0 Å². The van der Waals surface area contributed by atoms with Crippen molar-refractivity contribution in [3.8, 4) is 0 Å². The number of aliphatic carboxylic acids is 1. The van der Waals surface area contributed by atoms with Gasteiger partial charge in [-0.2, -0.15) is 0 Å². The third kappa shape index (κ3) is 9.77. The van der Waals surface area contributed by atoms with Gasteiger partial charge < -0.3 is 19.4 Å². The number of quaternary nitrogens is 1. The van der Waals surface area contributed by atoms with Crippen LogP contribution < -0.4 is 0 Å². The molecule has 0 aliphatic carbocycles. The molecule has 6 heteroatoms. The minimum Gasteiger partial charge on any atom is -0.481 e. The summed E-state index contributed by atoms with van der Waals surface area (Å²) in [6, 6.07) is 0. The normalized spacial score (nSPS) is 15.1. The maximum absolute atomic E-state index is 11.3. The second-order valence-electron chi connectivity index (χ2n) is 5.24. The Bertz CT molecular complexity index is 270. The van der Waals surface area contributed by atoms with Crippen molar-refractivity contribution in [2.75, 3.05) is 27.7 Å². The quantitative estimate of drug-likeness (QED) is 0.483. The van der Waals surface area contributed by atoms with Crippen LogP contribution in [0.3, 0.4) is 0 Å². The maximum atomic E-state index is 11.3. The molecule has 0 unspecified atom stereocenters. The third-order valence-corrected chi connectivity index (χ3v) is 1.91. The highest BCUT2D eigenvalue weighted by molar-refractivity contribution is 5.71. The van der Waals surface area contributed by atoms with E-state index < -0.39 is 24.1 Å². The van der Waals surface area contributed by atoms with Gasteiger partial charge in [0.2, 0.25) is 0 Å². The highest BCUT2D eigenvalue weighted by Crippen LogP contribution is 2.07. The van der Waals surface area contributed by atoms with E-state index in [0.717, 1.165) is 0 Å². The molecule has 0 saturated carbocycles. The van der Waals surface area contributed by atoms with Gasteiger partial charge in [0.05, 0.1) is 40.1 Å². The van der Waals surface area contributed by atoms with Crippen LogP contribution in [0, 0.1) is 0 Å². The minimum absolute atomic E-state index is 0.118. The standard InChI is InChI=1S/C11H21NO5/c1-8(13)5-11(16)17-9(6-10(14)15)7-12(2,3)4/h8-9,13H,5-7H2,1-4H3/p+1/t8-,9-/m1/s1. The number of rotatable bonds is 7. The second kappa shape index (κ2) is 6.56. The lowest BCUT2D eigenvalue weighted by molar-refractivity contribution is -0.873. The summed E-state index contributed by atoms with van der Waals surface area (Å²) >= 11 is 0. The molecule has 0 amide bonds. The van der Waals surface area contributed by atoms with Gasteiger partial charge in [0.15, 0.2) is 6.10 Å². The summed E-state index contributed by atoms with van der Waals surface area (Å²) in [5.41, 5.74) is 0. The molecule has 0 aromatic carbocycles. The van der Waals surface area contributed by atoms with Crippen molar-refractivity contribution in [1.29, 1.82) is 0 Å². The zero-order valence-corrected chi connectivity index (χ0v) is 10.8. The largest absolute Gasteiger partial charge is 0.481 e. The number of aliphatic hydroxyl groups excluding tert-OH is 1. The number of aliphatic hydroxyl groups is 1. The van der Waals surface area contributed by atoms with E-state index in [1.165, 1.54) is 6.92 Å². The summed E-state index contributed by atoms with van der Waals surface area (Å²) in [6.07, 6.45) is -1.79. The van der Waals surface area contributed by atoms with Gasteiger partial charge in [0, 0.05) is 0 Å². The van der Waals surface area contributed by atoms with Gasteiger partial charge in [0.25, 0.3) is 0 Å². The predicted molar refractivity (Wildman–Crippen MR) is 61.3 cm³/mol. The minimum atomic E-state index is -1.01. The summed E-state index contributed by atoms with van der Waals surface area (Å²) in [4.78, 5) is 22.0. The van der Waals surface area contributed by atoms with Gasteiger partial charge in [-0.3, -0.25) is 9.59 Å². The lowest BCUT2D eigenvalue weighted by Crippen LogP contribution is -2.44. The molecule has 0 aliphatic rings. The van der Waals surface area contributed by atoms with Crippen LogP contribution in [0.5, 0.6) is 0 Å². The van der Waals surface area contributed by atoms with Crippen LogP contribution in [0.4, 0.5) is 0 Å². The molecule has 0 aromatic rings. The summed E-state index contributed by atoms with van der Waals surface area (Å²) in [7, 11) is 5.66. The fourth-order valence-corrected chi connectivity index (χ4v) is 1.42. The Morgan fingerprint density at radius 3 is 2.12 bits per heavy atom. The van der Waals surface area contributed by atoms with Crippen LogP contribution in [-0.4, -0.2) is 66.5 Å². The average Bonchev–Trinajstić information content (AvgIpc) is 1.95. The average molecular weight is 248 g/mol. The Kier molecular flexibility index (Phi) is 6.12. The van der Waals surface area contributed by atoms with Gasteiger partial charge in [-0.05, 0) is 6.92 Å². The molecule has 0 heterocycles. The van der Waals surface area contributed by atoms with Gasteiger partial charge in [-0.1, -0.05) is 0 Å². The van der Waals surface area contributed by atoms with E-state index in [-0.39, 0.29) is 12.8 Å². The lowest BCUT2D eigenvalue weighted by Gasteiger charge is -2.28. The van der Waals surface area contributed by atoms with Crippen molar-refractivity contribution in [1.82, 2.24) is 0 Å². The fourth-order valence-electron chi connectivity index (χ4n) is 1.42. The number of hydrogen-bond acceptors (Lipinski definition) is 4. The molecule has 0 aliphatic heterocycles. The Balaban J connectivity index is 4.38. The van der Waals surface area contributed by atoms with E-state index in [4.69, 9.17) is 14.9 Å². The van der Waals surface area contributed by atoms with Gasteiger partial charge >= 0.3 is 11.9 Å². The monoisotopic (exact) mass is 248 g/mol. The zero-order valence-electron chi connectivity index (χ0n) is 10.8. The van der Waals surface area contributed by atoms with Crippen LogP contribution in [-0.2, 0) is 14.3 Å². The van der Waals surface area contributed by atoms with Crippen LogP contribution in [0.1, 0.15) is 19.8 Å². The molecular formula is C11H22NO5+. The molecule has 6 nitrogen and oxygen atoms in total. The predicted octanol–water partition coefficient (Wildman–Crippen LogP) is -0.150. The SMILES string of the molecule is C[C@@H](O)CC(=O)O[C@H](CC(=O)O)C[N+](C)(C)C. The van der Waals surface area contributed by atoms with Gasteiger partial charge in [-0.25, -0.2) is 0 Å². The summed E-state index contributed by atoms with van der Waals surface area (Å²) < 4.78 is 5.55. The van der Waals surface area contributed by atoms with Crippen molar-refractivity contribution in [3.05, 3.63) is 0 Å². The summed E-state index contributed by atoms with van der Waals surface area (Å²) in [6.45, 7) is 1.89. The van der Waals surface area contributed by atoms with Gasteiger partial charge in [-0.15, -0.1) is 0 Å². The molecule has 0 radical (unpaired) electrons. The molecule has 2 atom stereocenters. The van der Waals surface area contributed by atoms with Crippen molar-refractivity contribution in [3.63, 3.8) is 0 Å². The number of ether oxygens (including phenoxy) is 1. The molecule has 0 aromatic heterocycles. The van der Waals surface area contributed by atoms with Crippen LogP contribution in [0.25, 0.3) is 0 Å². The molecule has 0 rings (SSSR count). The van der Waals surface area contributed by atoms with Crippen LogP contribution >= 0.6 is 0 Å². The molecular weight excluding hydrogens is 226 g/mol. The van der Waals surface area contributed by atoms with Crippen LogP contribution in [0.2, 0.25) is 0 Å². The van der Waals surface area contributed by atoms with E-state index >= 15 is 0 Å². The number of hydrogen-bond donors (Lipinski definition) is 2. The molecule has 0 fully saturated rings. The van der Waals surface area contributed by atoms with E-state index in [0.29, 0.717) is 11.0 Å². The van der Waals surface area contributed by atoms with E-state index in [2.05, 4.69) is 0 Å². The molecule has 0 bridgehead atoms. The summed E-state index contributed by atoms with van der Waals surface area (Å²) in [5, 5.41) is 17.8. The number of carboxylic acid groups (broad SMARTS) is 1. The van der Waals surface area contributed by atoms with Crippen molar-refractivity contribution >= 4 is 11.9 Å². The number of nitrogens with zero attached hydrogens (tertiary/aromatic N) is 1. The fraction of sp³-hybridized carbons (Fsp3) is 0.818. The van der Waals surface area contributed by atoms with Crippen molar-refractivity contribution < 1.29 is 29.0 Å². The number of esters is 1. The summed E-state index contributed by atoms with van der Waals surface area (Å²) in [5.74, 6) is -1.58. The Hall–Kier alpha value is -1.14. The molecule has 100 valence electrons. The molecule has 0 spiro atoms. The highest BCUT2D eigenvalue weighted by atomic mass is 16.5. The number of likely N-dealkylation sites (N-methyl/N-ethyl adjacent to an activating group) is 1. The Morgan fingerprint density at radius 1 is 1.24 bits per heavy atom. The number of carbonyl (C=O) groups is 2. The first-order valence-electron chi connectivity index (χ1n) is 5.50. The topological polar surface area (TPSA) is 83.8 Å². The smallest absolute Gasteiger partial charge is 0.308 e. The van der Waals surface area contributed by atoms with Crippen LogP contribution in [0.15, 0.2) is 0 Å². The Morgan fingerprint density at radius 2 is 1.76 bits per heavy atom. The molecule has 17 heavy (non-hydrogen) atoms. The zero-order chi connectivity index (χ0) is 13.6. The number of carboxylic acids is 1. The van der Waals surface area contributed by atoms with E-state index in [1.54, 1.807) is 0 Å². The highest BCUT2D eigenvalue weighted by Gasteiger charge is 2.25. The first kappa shape index (κ1) is 15.9.